The molecule has 0 fully saturated rings. The van der Waals surface area contributed by atoms with Gasteiger partial charge in [0.15, 0.2) is 0 Å². The molecule has 5 nitrogen and oxygen atoms in total. The number of carbonyl (C=O) groups is 1. The van der Waals surface area contributed by atoms with Crippen LogP contribution in [0.2, 0.25) is 0 Å². The quantitative estimate of drug-likeness (QED) is 0.465. The first kappa shape index (κ1) is 8.61. The van der Waals surface area contributed by atoms with Crippen molar-refractivity contribution in [2.24, 2.45) is 0 Å². The molecular weight excluding hydrogens is 138 g/mol. The molecule has 0 aliphatic rings. The van der Waals surface area contributed by atoms with E-state index in [9.17, 15) is 14.9 Å². The standard InChI is InChI=1S/C5H7NO4/c7-5(8)3-1-2-4-6(9)10/h2,4H,1,3H2,(H,7,8). The van der Waals surface area contributed by atoms with Crippen LogP contribution >= 0.6 is 0 Å². The molecule has 0 atom stereocenters. The van der Waals surface area contributed by atoms with E-state index in [1.807, 2.05) is 0 Å². The highest BCUT2D eigenvalue weighted by atomic mass is 16.6. The predicted octanol–water partition coefficient (Wildman–Crippen LogP) is 0.642. The Morgan fingerprint density at radius 3 is 2.70 bits per heavy atom. The van der Waals surface area contributed by atoms with E-state index in [2.05, 4.69) is 0 Å². The van der Waals surface area contributed by atoms with Gasteiger partial charge in [-0.1, -0.05) is 0 Å². The number of hydrogen-bond acceptors (Lipinski definition) is 3. The lowest BCUT2D eigenvalue weighted by Gasteiger charge is -1.83. The number of allylic oxidation sites excluding steroid dienone is 1. The van der Waals surface area contributed by atoms with Gasteiger partial charge < -0.3 is 5.11 Å². The molecule has 0 aliphatic carbocycles. The number of hydrogen-bond donors (Lipinski definition) is 1. The van der Waals surface area contributed by atoms with E-state index in [0.29, 0.717) is 0 Å². The van der Waals surface area contributed by atoms with Crippen LogP contribution in [0.15, 0.2) is 12.3 Å². The van der Waals surface area contributed by atoms with Gasteiger partial charge in [0, 0.05) is 6.42 Å². The van der Waals surface area contributed by atoms with Crippen LogP contribution in [0.4, 0.5) is 0 Å². The molecule has 0 bridgehead atoms. The SMILES string of the molecule is O=C(O)CCC=C[N+](=O)[O-]. The summed E-state index contributed by atoms with van der Waals surface area (Å²) in [5.41, 5.74) is 0. The fourth-order valence-corrected chi connectivity index (χ4v) is 0.367. The summed E-state index contributed by atoms with van der Waals surface area (Å²) in [6.45, 7) is 0. The first-order chi connectivity index (χ1) is 4.63. The molecule has 0 radical (unpaired) electrons. The number of aliphatic carboxylic acids is 1. The van der Waals surface area contributed by atoms with Crippen molar-refractivity contribution in [2.45, 2.75) is 12.8 Å². The summed E-state index contributed by atoms with van der Waals surface area (Å²) in [6, 6.07) is 0. The zero-order valence-corrected chi connectivity index (χ0v) is 5.19. The number of nitrogens with zero attached hydrogens (tertiary/aromatic N) is 1. The Bertz CT molecular complexity index is 163. The minimum Gasteiger partial charge on any atom is -0.481 e. The topological polar surface area (TPSA) is 80.4 Å². The van der Waals surface area contributed by atoms with Crippen molar-refractivity contribution in [1.29, 1.82) is 0 Å². The van der Waals surface area contributed by atoms with Gasteiger partial charge in [-0.25, -0.2) is 0 Å². The molecule has 0 aliphatic heterocycles. The molecule has 0 saturated heterocycles. The number of carboxylic acid groups (broad SMARTS) is 1. The first-order valence-electron chi connectivity index (χ1n) is 2.65. The van der Waals surface area contributed by atoms with Gasteiger partial charge in [-0.05, 0) is 12.5 Å². The van der Waals surface area contributed by atoms with E-state index in [4.69, 9.17) is 5.11 Å². The fourth-order valence-electron chi connectivity index (χ4n) is 0.367. The molecule has 1 N–H and O–H groups in total. The number of nitro groups is 1. The van der Waals surface area contributed by atoms with Crippen LogP contribution in [-0.4, -0.2) is 16.0 Å². The second-order valence-electron chi connectivity index (χ2n) is 1.60. The van der Waals surface area contributed by atoms with Gasteiger partial charge in [0.2, 0.25) is 6.20 Å². The molecule has 0 aromatic carbocycles. The van der Waals surface area contributed by atoms with Crippen LogP contribution in [0.3, 0.4) is 0 Å². The number of carboxylic acids is 1. The van der Waals surface area contributed by atoms with Crippen LogP contribution in [-0.2, 0) is 4.79 Å². The number of rotatable bonds is 4. The van der Waals surface area contributed by atoms with Gasteiger partial charge in [0.05, 0.1) is 4.92 Å². The highest BCUT2D eigenvalue weighted by Gasteiger charge is 1.92. The van der Waals surface area contributed by atoms with E-state index >= 15 is 0 Å². The minimum absolute atomic E-state index is 0.0651. The second kappa shape index (κ2) is 4.49. The van der Waals surface area contributed by atoms with E-state index in [0.717, 1.165) is 6.20 Å². The van der Waals surface area contributed by atoms with Crippen molar-refractivity contribution < 1.29 is 14.8 Å². The van der Waals surface area contributed by atoms with Crippen molar-refractivity contribution in [1.82, 2.24) is 0 Å². The van der Waals surface area contributed by atoms with Crippen molar-refractivity contribution >= 4 is 5.97 Å². The molecule has 0 aromatic rings. The third kappa shape index (κ3) is 6.61. The summed E-state index contributed by atoms with van der Waals surface area (Å²) in [6.07, 6.45) is 2.09. The van der Waals surface area contributed by atoms with E-state index in [1.54, 1.807) is 0 Å². The lowest BCUT2D eigenvalue weighted by molar-refractivity contribution is -0.402. The summed E-state index contributed by atoms with van der Waals surface area (Å²) < 4.78 is 0. The van der Waals surface area contributed by atoms with Crippen LogP contribution in [0.25, 0.3) is 0 Å². The molecular formula is C5H7NO4. The second-order valence-corrected chi connectivity index (χ2v) is 1.60. The summed E-state index contributed by atoms with van der Waals surface area (Å²) >= 11 is 0. The first-order valence-corrected chi connectivity index (χ1v) is 2.65. The fraction of sp³-hybridized carbons (Fsp3) is 0.400. The lowest BCUT2D eigenvalue weighted by Crippen LogP contribution is -1.92. The van der Waals surface area contributed by atoms with E-state index in [1.165, 1.54) is 6.08 Å². The van der Waals surface area contributed by atoms with Gasteiger partial charge in [-0.2, -0.15) is 0 Å². The summed E-state index contributed by atoms with van der Waals surface area (Å²) in [5.74, 6) is -0.951. The highest BCUT2D eigenvalue weighted by Crippen LogP contribution is 1.89. The van der Waals surface area contributed by atoms with Gasteiger partial charge >= 0.3 is 5.97 Å². The third-order valence-electron chi connectivity index (χ3n) is 0.752. The maximum Gasteiger partial charge on any atom is 0.303 e. The Morgan fingerprint density at radius 1 is 1.70 bits per heavy atom. The minimum atomic E-state index is -0.951. The molecule has 0 spiro atoms. The van der Waals surface area contributed by atoms with E-state index < -0.39 is 10.9 Å². The molecule has 0 rings (SSSR count). The maximum atomic E-state index is 9.84. The average Bonchev–Trinajstić information content (AvgIpc) is 1.79. The van der Waals surface area contributed by atoms with Gasteiger partial charge in [0.1, 0.15) is 0 Å². The predicted molar refractivity (Wildman–Crippen MR) is 33.0 cm³/mol. The van der Waals surface area contributed by atoms with Crippen LogP contribution in [0.1, 0.15) is 12.8 Å². The molecule has 0 amide bonds. The molecule has 0 heterocycles. The monoisotopic (exact) mass is 145 g/mol. The van der Waals surface area contributed by atoms with Crippen LogP contribution in [0.5, 0.6) is 0 Å². The Morgan fingerprint density at radius 2 is 2.30 bits per heavy atom. The third-order valence-corrected chi connectivity index (χ3v) is 0.752. The zero-order valence-electron chi connectivity index (χ0n) is 5.19. The molecule has 0 unspecified atom stereocenters. The Kier molecular flexibility index (Phi) is 3.86. The smallest absolute Gasteiger partial charge is 0.303 e. The summed E-state index contributed by atoms with van der Waals surface area (Å²) in [7, 11) is 0. The molecule has 5 heteroatoms. The molecule has 10 heavy (non-hydrogen) atoms. The van der Waals surface area contributed by atoms with Crippen molar-refractivity contribution in [3.05, 3.63) is 22.4 Å². The average molecular weight is 145 g/mol. The van der Waals surface area contributed by atoms with Crippen LogP contribution in [0, 0.1) is 10.1 Å². The largest absolute Gasteiger partial charge is 0.481 e. The van der Waals surface area contributed by atoms with Crippen molar-refractivity contribution in [2.75, 3.05) is 0 Å². The highest BCUT2D eigenvalue weighted by molar-refractivity contribution is 5.66. The normalized spacial score (nSPS) is 10.0. The zero-order chi connectivity index (χ0) is 7.98. The Labute approximate surface area is 57.1 Å². The van der Waals surface area contributed by atoms with Crippen molar-refractivity contribution in [3.8, 4) is 0 Å². The molecule has 56 valence electrons. The molecule has 0 aromatic heterocycles. The maximum absolute atomic E-state index is 9.84. The van der Waals surface area contributed by atoms with Gasteiger partial charge in [0.25, 0.3) is 0 Å². The summed E-state index contributed by atoms with van der Waals surface area (Å²) in [5, 5.41) is 17.7. The van der Waals surface area contributed by atoms with E-state index in [-0.39, 0.29) is 12.8 Å². The summed E-state index contributed by atoms with van der Waals surface area (Å²) in [4.78, 5) is 18.8. The molecule has 0 saturated carbocycles. The lowest BCUT2D eigenvalue weighted by atomic mass is 10.3. The van der Waals surface area contributed by atoms with Gasteiger partial charge in [-0.15, -0.1) is 0 Å². The Balaban J connectivity index is 3.36. The van der Waals surface area contributed by atoms with Gasteiger partial charge in [-0.3, -0.25) is 14.9 Å². The van der Waals surface area contributed by atoms with Crippen molar-refractivity contribution in [3.63, 3.8) is 0 Å². The van der Waals surface area contributed by atoms with Crippen LogP contribution < -0.4 is 0 Å². The Hall–Kier alpha value is -1.39.